The number of aryl methyl sites for hydroxylation is 1. The quantitative estimate of drug-likeness (QED) is 0.898. The van der Waals surface area contributed by atoms with Crippen LogP contribution in [0, 0.1) is 12.8 Å². The second kappa shape index (κ2) is 4.57. The number of aromatic nitrogens is 3. The molecular formula is C13H18N4O. The number of nitrogens with one attached hydrogen (secondary N) is 1. The van der Waals surface area contributed by atoms with Crippen molar-refractivity contribution in [3.63, 3.8) is 0 Å². The van der Waals surface area contributed by atoms with Crippen LogP contribution in [0.3, 0.4) is 0 Å². The van der Waals surface area contributed by atoms with Crippen LogP contribution in [0.2, 0.25) is 0 Å². The van der Waals surface area contributed by atoms with E-state index < -0.39 is 0 Å². The maximum absolute atomic E-state index is 5.44. The van der Waals surface area contributed by atoms with E-state index in [1.54, 1.807) is 6.33 Å². The highest BCUT2D eigenvalue weighted by molar-refractivity contribution is 5.51. The Balaban J connectivity index is 1.86. The Morgan fingerprint density at radius 2 is 2.39 bits per heavy atom. The molecule has 96 valence electrons. The summed E-state index contributed by atoms with van der Waals surface area (Å²) in [4.78, 5) is 4.23. The van der Waals surface area contributed by atoms with Crippen molar-refractivity contribution in [3.05, 3.63) is 24.0 Å². The van der Waals surface area contributed by atoms with E-state index in [9.17, 15) is 0 Å². The predicted molar refractivity (Wildman–Crippen MR) is 69.7 cm³/mol. The fraction of sp³-hybridized carbons (Fsp3) is 0.538. The molecule has 0 saturated carbocycles. The summed E-state index contributed by atoms with van der Waals surface area (Å²) in [6.07, 6.45) is 2.71. The highest BCUT2D eigenvalue weighted by Crippen LogP contribution is 2.21. The largest absolute Gasteiger partial charge is 0.381 e. The van der Waals surface area contributed by atoms with Gasteiger partial charge in [-0.15, -0.1) is 0 Å². The fourth-order valence-electron chi connectivity index (χ4n) is 2.46. The molecule has 0 spiro atoms. The number of hydrogen-bond acceptors (Lipinski definition) is 4. The predicted octanol–water partition coefficient (Wildman–Crippen LogP) is 1.87. The van der Waals surface area contributed by atoms with E-state index in [2.05, 4.69) is 35.3 Å². The Kier molecular flexibility index (Phi) is 2.91. The molecule has 0 aliphatic carbocycles. The molecule has 0 radical (unpaired) electrons. The van der Waals surface area contributed by atoms with Crippen LogP contribution in [0.5, 0.6) is 0 Å². The highest BCUT2D eigenvalue weighted by atomic mass is 16.5. The van der Waals surface area contributed by atoms with Gasteiger partial charge in [0.25, 0.3) is 0 Å². The van der Waals surface area contributed by atoms with Crippen molar-refractivity contribution in [1.82, 2.24) is 14.6 Å². The van der Waals surface area contributed by atoms with Crippen LogP contribution < -0.4 is 5.32 Å². The second-order valence-electron chi connectivity index (χ2n) is 5.00. The van der Waals surface area contributed by atoms with Crippen LogP contribution in [0.15, 0.2) is 18.5 Å². The number of ether oxygens (including phenoxy) is 1. The van der Waals surface area contributed by atoms with E-state index in [1.807, 2.05) is 10.6 Å². The first kappa shape index (κ1) is 11.5. The second-order valence-corrected chi connectivity index (χ2v) is 5.00. The van der Waals surface area contributed by atoms with Gasteiger partial charge in [0.05, 0.1) is 6.61 Å². The average molecular weight is 246 g/mol. The van der Waals surface area contributed by atoms with Gasteiger partial charge in [-0.25, -0.2) is 4.98 Å². The van der Waals surface area contributed by atoms with Gasteiger partial charge < -0.3 is 10.1 Å². The van der Waals surface area contributed by atoms with E-state index in [-0.39, 0.29) is 0 Å². The number of fused-ring (bicyclic) bond motifs is 1. The van der Waals surface area contributed by atoms with Crippen molar-refractivity contribution in [2.24, 2.45) is 5.92 Å². The minimum atomic E-state index is 0.377. The third-order valence-corrected chi connectivity index (χ3v) is 3.57. The summed E-state index contributed by atoms with van der Waals surface area (Å²) in [5.74, 6) is 1.57. The molecule has 1 saturated heterocycles. The monoisotopic (exact) mass is 246 g/mol. The average Bonchev–Trinajstić information content (AvgIpc) is 2.98. The number of rotatable bonds is 3. The third-order valence-electron chi connectivity index (χ3n) is 3.57. The summed E-state index contributed by atoms with van der Waals surface area (Å²) in [5, 5.41) is 7.79. The van der Waals surface area contributed by atoms with Gasteiger partial charge in [-0.2, -0.15) is 9.61 Å². The number of hydrogen-bond donors (Lipinski definition) is 1. The van der Waals surface area contributed by atoms with Crippen LogP contribution in [-0.4, -0.2) is 33.9 Å². The van der Waals surface area contributed by atoms with Crippen LogP contribution in [0.1, 0.15) is 18.9 Å². The van der Waals surface area contributed by atoms with E-state index >= 15 is 0 Å². The zero-order chi connectivity index (χ0) is 12.5. The van der Waals surface area contributed by atoms with Gasteiger partial charge >= 0.3 is 0 Å². The van der Waals surface area contributed by atoms with Gasteiger partial charge in [0.1, 0.15) is 12.1 Å². The molecule has 1 N–H and O–H groups in total. The first-order valence-corrected chi connectivity index (χ1v) is 6.39. The molecule has 0 amide bonds. The Hall–Kier alpha value is -1.62. The summed E-state index contributed by atoms with van der Waals surface area (Å²) >= 11 is 0. The molecule has 2 atom stereocenters. The van der Waals surface area contributed by atoms with E-state index in [1.165, 1.54) is 5.56 Å². The van der Waals surface area contributed by atoms with Crippen LogP contribution in [0.4, 0.5) is 5.82 Å². The number of anilines is 1. The summed E-state index contributed by atoms with van der Waals surface area (Å²) < 4.78 is 7.28. The van der Waals surface area contributed by atoms with Crippen molar-refractivity contribution in [2.45, 2.75) is 26.3 Å². The van der Waals surface area contributed by atoms with E-state index in [0.29, 0.717) is 12.0 Å². The molecule has 5 heteroatoms. The lowest BCUT2D eigenvalue weighted by Gasteiger charge is -2.21. The normalized spacial score (nSPS) is 21.3. The van der Waals surface area contributed by atoms with Crippen molar-refractivity contribution < 1.29 is 4.74 Å². The zero-order valence-electron chi connectivity index (χ0n) is 10.8. The van der Waals surface area contributed by atoms with Gasteiger partial charge in [-0.05, 0) is 38.0 Å². The summed E-state index contributed by atoms with van der Waals surface area (Å²) in [6.45, 7) is 6.00. The molecule has 2 aromatic rings. The van der Waals surface area contributed by atoms with Gasteiger partial charge in [0.2, 0.25) is 0 Å². The third kappa shape index (κ3) is 2.06. The molecule has 5 nitrogen and oxygen atoms in total. The molecule has 1 fully saturated rings. The first-order chi connectivity index (χ1) is 8.74. The minimum absolute atomic E-state index is 0.377. The lowest BCUT2D eigenvalue weighted by Crippen LogP contribution is -2.27. The molecule has 0 bridgehead atoms. The molecule has 2 unspecified atom stereocenters. The molecule has 2 aromatic heterocycles. The van der Waals surface area contributed by atoms with Crippen molar-refractivity contribution >= 4 is 11.5 Å². The lowest BCUT2D eigenvalue weighted by atomic mass is 10.0. The van der Waals surface area contributed by atoms with Gasteiger partial charge in [-0.3, -0.25) is 0 Å². The number of pyridine rings is 1. The molecule has 3 rings (SSSR count). The molecular weight excluding hydrogens is 228 g/mol. The Labute approximate surface area is 106 Å². The number of nitrogens with zero attached hydrogens (tertiary/aromatic N) is 3. The highest BCUT2D eigenvalue weighted by Gasteiger charge is 2.22. The first-order valence-electron chi connectivity index (χ1n) is 6.39. The Morgan fingerprint density at radius 3 is 3.17 bits per heavy atom. The maximum atomic E-state index is 5.44. The van der Waals surface area contributed by atoms with Gasteiger partial charge in [0.15, 0.2) is 5.65 Å². The smallest absolute Gasteiger partial charge is 0.157 e. The SMILES string of the molecule is Cc1cc(NC(C)C2CCOC2)n2ncnc2c1. The van der Waals surface area contributed by atoms with Crippen molar-refractivity contribution in [3.8, 4) is 0 Å². The van der Waals surface area contributed by atoms with Crippen molar-refractivity contribution in [2.75, 3.05) is 18.5 Å². The molecule has 18 heavy (non-hydrogen) atoms. The molecule has 1 aliphatic rings. The van der Waals surface area contributed by atoms with E-state index in [0.717, 1.165) is 31.1 Å². The standard InChI is InChI=1S/C13H18N4O/c1-9-5-12-14-8-15-17(12)13(6-9)16-10(2)11-3-4-18-7-11/h5-6,8,10-11,16H,3-4,7H2,1-2H3. The minimum Gasteiger partial charge on any atom is -0.381 e. The van der Waals surface area contributed by atoms with Crippen LogP contribution in [0.25, 0.3) is 5.65 Å². The molecule has 0 aromatic carbocycles. The topological polar surface area (TPSA) is 51.5 Å². The van der Waals surface area contributed by atoms with Crippen molar-refractivity contribution in [1.29, 1.82) is 0 Å². The molecule has 1 aliphatic heterocycles. The fourth-order valence-corrected chi connectivity index (χ4v) is 2.46. The molecule has 3 heterocycles. The van der Waals surface area contributed by atoms with E-state index in [4.69, 9.17) is 4.74 Å². The Morgan fingerprint density at radius 1 is 1.50 bits per heavy atom. The zero-order valence-corrected chi connectivity index (χ0v) is 10.8. The maximum Gasteiger partial charge on any atom is 0.157 e. The Bertz CT molecular complexity index is 545. The lowest BCUT2D eigenvalue weighted by molar-refractivity contribution is 0.183. The summed E-state index contributed by atoms with van der Waals surface area (Å²) in [6, 6.07) is 4.51. The summed E-state index contributed by atoms with van der Waals surface area (Å²) in [5.41, 5.74) is 2.07. The van der Waals surface area contributed by atoms with Gasteiger partial charge in [0, 0.05) is 18.6 Å². The van der Waals surface area contributed by atoms with Gasteiger partial charge in [-0.1, -0.05) is 0 Å². The van der Waals surface area contributed by atoms with Crippen LogP contribution >= 0.6 is 0 Å². The van der Waals surface area contributed by atoms with Crippen LogP contribution in [-0.2, 0) is 4.74 Å². The summed E-state index contributed by atoms with van der Waals surface area (Å²) in [7, 11) is 0.